The Balaban J connectivity index is 3.11. The Kier molecular flexibility index (Phi) is 4.21. The second kappa shape index (κ2) is 5.14. The van der Waals surface area contributed by atoms with Crippen LogP contribution in [0.4, 0.5) is 17.6 Å². The van der Waals surface area contributed by atoms with Gasteiger partial charge in [-0.05, 0) is 38.5 Å². The molecule has 2 nitrogen and oxygen atoms in total. The zero-order chi connectivity index (χ0) is 14.1. The number of rotatable bonds is 3. The average molecular weight is 265 g/mol. The molecule has 0 saturated heterocycles. The van der Waals surface area contributed by atoms with Crippen LogP contribution in [-0.2, 0) is 0 Å². The molecule has 0 spiro atoms. The summed E-state index contributed by atoms with van der Waals surface area (Å²) in [5.74, 6) is -0.553. The van der Waals surface area contributed by atoms with Gasteiger partial charge in [-0.15, -0.1) is 0 Å². The van der Waals surface area contributed by atoms with E-state index in [9.17, 15) is 17.6 Å². The highest BCUT2D eigenvalue weighted by atomic mass is 19.4. The van der Waals surface area contributed by atoms with Crippen LogP contribution >= 0.6 is 0 Å². The Morgan fingerprint density at radius 2 is 1.78 bits per heavy atom. The molecule has 0 amide bonds. The highest BCUT2D eigenvalue weighted by Crippen LogP contribution is 2.31. The van der Waals surface area contributed by atoms with Gasteiger partial charge in [0.2, 0.25) is 0 Å². The third-order valence-electron chi connectivity index (χ3n) is 2.55. The van der Waals surface area contributed by atoms with E-state index < -0.39 is 24.1 Å². The van der Waals surface area contributed by atoms with E-state index >= 15 is 0 Å². The molecule has 1 unspecified atom stereocenters. The van der Waals surface area contributed by atoms with Gasteiger partial charge in [0, 0.05) is 11.6 Å². The van der Waals surface area contributed by atoms with Crippen molar-refractivity contribution < 1.29 is 22.3 Å². The van der Waals surface area contributed by atoms with Crippen LogP contribution in [0.1, 0.15) is 31.0 Å². The summed E-state index contributed by atoms with van der Waals surface area (Å²) in [7, 11) is 0. The molecule has 18 heavy (non-hydrogen) atoms. The summed E-state index contributed by atoms with van der Waals surface area (Å²) in [6.07, 6.45) is -6.45. The summed E-state index contributed by atoms with van der Waals surface area (Å²) in [6.45, 7) is 3.89. The maximum absolute atomic E-state index is 13.4. The summed E-state index contributed by atoms with van der Waals surface area (Å²) in [5.41, 5.74) is 6.02. The first-order chi connectivity index (χ1) is 8.12. The van der Waals surface area contributed by atoms with Crippen LogP contribution in [0.3, 0.4) is 0 Å². The molecule has 102 valence electrons. The first-order valence-corrected chi connectivity index (χ1v) is 5.42. The monoisotopic (exact) mass is 265 g/mol. The van der Waals surface area contributed by atoms with Gasteiger partial charge >= 0.3 is 6.18 Å². The molecule has 1 aromatic carbocycles. The molecular formula is C12H15F4NO. The van der Waals surface area contributed by atoms with Gasteiger partial charge in [-0.25, -0.2) is 4.39 Å². The van der Waals surface area contributed by atoms with Crippen LogP contribution in [0.5, 0.6) is 5.75 Å². The Bertz CT molecular complexity index is 429. The molecule has 0 aromatic heterocycles. The first-order valence-electron chi connectivity index (χ1n) is 5.42. The first kappa shape index (κ1) is 14.8. The minimum absolute atomic E-state index is 0.0336. The molecule has 6 heteroatoms. The summed E-state index contributed by atoms with van der Waals surface area (Å²) < 4.78 is 55.4. The van der Waals surface area contributed by atoms with E-state index in [1.54, 1.807) is 6.92 Å². The van der Waals surface area contributed by atoms with Gasteiger partial charge in [-0.3, -0.25) is 0 Å². The van der Waals surface area contributed by atoms with Crippen molar-refractivity contribution >= 4 is 0 Å². The fourth-order valence-electron chi connectivity index (χ4n) is 1.39. The summed E-state index contributed by atoms with van der Waals surface area (Å²) in [5, 5.41) is 0. The van der Waals surface area contributed by atoms with Gasteiger partial charge in [-0.1, -0.05) is 0 Å². The Hall–Kier alpha value is -1.30. The normalized spacial score (nSPS) is 15.3. The van der Waals surface area contributed by atoms with Gasteiger partial charge < -0.3 is 10.5 Å². The molecule has 0 heterocycles. The minimum atomic E-state index is -4.47. The van der Waals surface area contributed by atoms with Gasteiger partial charge in [-0.2, -0.15) is 13.2 Å². The molecule has 0 aliphatic carbocycles. The molecule has 0 radical (unpaired) electrons. The molecule has 1 rings (SSSR count). The molecule has 0 aliphatic heterocycles. The molecule has 0 aliphatic rings. The largest absolute Gasteiger partial charge is 0.481 e. The molecule has 1 aromatic rings. The molecular weight excluding hydrogens is 250 g/mol. The second-order valence-corrected chi connectivity index (χ2v) is 4.23. The van der Waals surface area contributed by atoms with Crippen LogP contribution in [0.15, 0.2) is 12.1 Å². The predicted molar refractivity (Wildman–Crippen MR) is 59.9 cm³/mol. The molecule has 2 atom stereocenters. The lowest BCUT2D eigenvalue weighted by molar-refractivity contribution is -0.189. The van der Waals surface area contributed by atoms with Crippen LogP contribution in [-0.4, -0.2) is 12.3 Å². The summed E-state index contributed by atoms with van der Waals surface area (Å²) in [4.78, 5) is 0. The van der Waals surface area contributed by atoms with Crippen molar-refractivity contribution in [3.05, 3.63) is 29.1 Å². The van der Waals surface area contributed by atoms with Crippen molar-refractivity contribution in [1.29, 1.82) is 0 Å². The maximum atomic E-state index is 13.4. The smallest absolute Gasteiger partial charge is 0.425 e. The van der Waals surface area contributed by atoms with E-state index in [4.69, 9.17) is 10.5 Å². The number of alkyl halides is 3. The lowest BCUT2D eigenvalue weighted by Gasteiger charge is -2.21. The summed E-state index contributed by atoms with van der Waals surface area (Å²) >= 11 is 0. The van der Waals surface area contributed by atoms with E-state index in [0.717, 1.165) is 13.0 Å². The number of hydrogen-bond acceptors (Lipinski definition) is 2. The van der Waals surface area contributed by atoms with E-state index in [0.29, 0.717) is 0 Å². The van der Waals surface area contributed by atoms with Crippen LogP contribution in [0, 0.1) is 12.7 Å². The zero-order valence-corrected chi connectivity index (χ0v) is 10.3. The lowest BCUT2D eigenvalue weighted by atomic mass is 10.0. The number of aryl methyl sites for hydroxylation is 1. The van der Waals surface area contributed by atoms with E-state index in [1.165, 1.54) is 13.0 Å². The number of nitrogens with two attached hydrogens (primary N) is 1. The minimum Gasteiger partial charge on any atom is -0.481 e. The average Bonchev–Trinajstić information content (AvgIpc) is 2.21. The molecule has 0 bridgehead atoms. The van der Waals surface area contributed by atoms with E-state index in [2.05, 4.69) is 0 Å². The van der Waals surface area contributed by atoms with Crippen molar-refractivity contribution in [1.82, 2.24) is 0 Å². The number of benzene rings is 1. The zero-order valence-electron chi connectivity index (χ0n) is 10.3. The van der Waals surface area contributed by atoms with Crippen LogP contribution in [0.2, 0.25) is 0 Å². The van der Waals surface area contributed by atoms with Crippen molar-refractivity contribution in [2.45, 2.75) is 39.1 Å². The van der Waals surface area contributed by atoms with Crippen molar-refractivity contribution in [3.63, 3.8) is 0 Å². The van der Waals surface area contributed by atoms with Gasteiger partial charge in [0.1, 0.15) is 11.6 Å². The van der Waals surface area contributed by atoms with Gasteiger partial charge in [0.15, 0.2) is 6.10 Å². The quantitative estimate of drug-likeness (QED) is 0.849. The topological polar surface area (TPSA) is 35.2 Å². The van der Waals surface area contributed by atoms with E-state index in [1.807, 2.05) is 0 Å². The van der Waals surface area contributed by atoms with Crippen LogP contribution in [0.25, 0.3) is 0 Å². The van der Waals surface area contributed by atoms with Crippen molar-refractivity contribution in [3.8, 4) is 5.75 Å². The summed E-state index contributed by atoms with van der Waals surface area (Å²) in [6, 6.07) is 1.73. The highest BCUT2D eigenvalue weighted by molar-refractivity contribution is 5.40. The fraction of sp³-hybridized carbons (Fsp3) is 0.500. The van der Waals surface area contributed by atoms with Gasteiger partial charge in [0.05, 0.1) is 0 Å². The Labute approximate surface area is 103 Å². The second-order valence-electron chi connectivity index (χ2n) is 4.23. The Morgan fingerprint density at radius 1 is 1.22 bits per heavy atom. The highest BCUT2D eigenvalue weighted by Gasteiger charge is 2.38. The van der Waals surface area contributed by atoms with Crippen molar-refractivity contribution in [2.75, 3.05) is 0 Å². The molecule has 2 N–H and O–H groups in total. The fourth-order valence-corrected chi connectivity index (χ4v) is 1.39. The lowest BCUT2D eigenvalue weighted by Crippen LogP contribution is -2.31. The Morgan fingerprint density at radius 3 is 2.22 bits per heavy atom. The SMILES string of the molecule is Cc1cc(OC(C)C(F)(F)F)c([C@@H](C)N)cc1F. The van der Waals surface area contributed by atoms with Crippen molar-refractivity contribution in [2.24, 2.45) is 5.73 Å². The molecule has 0 fully saturated rings. The maximum Gasteiger partial charge on any atom is 0.425 e. The van der Waals surface area contributed by atoms with E-state index in [-0.39, 0.29) is 16.9 Å². The number of halogens is 4. The predicted octanol–water partition coefficient (Wildman–Crippen LogP) is 3.48. The number of hydrogen-bond donors (Lipinski definition) is 1. The van der Waals surface area contributed by atoms with Gasteiger partial charge in [0.25, 0.3) is 0 Å². The van der Waals surface area contributed by atoms with Crippen LogP contribution < -0.4 is 10.5 Å². The third kappa shape index (κ3) is 3.35. The standard InChI is InChI=1S/C12H15F4NO/c1-6-4-11(18-8(3)12(14,15)16)9(7(2)17)5-10(6)13/h4-5,7-8H,17H2,1-3H3/t7-,8?/m1/s1. The third-order valence-corrected chi connectivity index (χ3v) is 2.55. The molecule has 0 saturated carbocycles. The number of ether oxygens (including phenoxy) is 1.